The van der Waals surface area contributed by atoms with Crippen LogP contribution < -0.4 is 5.32 Å². The van der Waals surface area contributed by atoms with Gasteiger partial charge in [-0.05, 0) is 44.9 Å². The monoisotopic (exact) mass is 702 g/mol. The van der Waals surface area contributed by atoms with E-state index in [0.29, 0.717) is 23.9 Å². The SMILES string of the molecule is CCCCC/C=C\C/C=C\CCCCCCCCCC(=O)NC(COP(=O)(O)OCC[N+](C)(C)C)C(O)CCCCCCCCCCC. The van der Waals surface area contributed by atoms with Crippen molar-refractivity contribution in [3.05, 3.63) is 24.3 Å². The normalized spacial score (nSPS) is 14.9. The Morgan fingerprint density at radius 1 is 0.708 bits per heavy atom. The van der Waals surface area contributed by atoms with E-state index in [4.69, 9.17) is 9.05 Å². The number of aliphatic hydroxyl groups is 1. The Morgan fingerprint density at radius 3 is 1.75 bits per heavy atom. The minimum atomic E-state index is -4.30. The van der Waals surface area contributed by atoms with Gasteiger partial charge in [-0.1, -0.05) is 141 Å². The number of phosphoric ester groups is 1. The van der Waals surface area contributed by atoms with E-state index >= 15 is 0 Å². The van der Waals surface area contributed by atoms with Crippen LogP contribution in [0.2, 0.25) is 0 Å². The van der Waals surface area contributed by atoms with E-state index in [0.717, 1.165) is 51.4 Å². The zero-order valence-electron chi connectivity index (χ0n) is 32.0. The van der Waals surface area contributed by atoms with Crippen LogP contribution in [0, 0.1) is 0 Å². The Labute approximate surface area is 296 Å². The highest BCUT2D eigenvalue weighted by molar-refractivity contribution is 7.47. The first kappa shape index (κ1) is 47.0. The third kappa shape index (κ3) is 33.5. The maximum atomic E-state index is 12.8. The molecular formula is C39H78N2O6P+. The number of likely N-dealkylation sites (N-methyl/N-ethyl adjacent to an activating group) is 1. The molecule has 9 heteroatoms. The largest absolute Gasteiger partial charge is 0.472 e. The lowest BCUT2D eigenvalue weighted by atomic mass is 10.0. The summed E-state index contributed by atoms with van der Waals surface area (Å²) >= 11 is 0. The average Bonchev–Trinajstić information content (AvgIpc) is 3.02. The molecule has 0 aliphatic rings. The van der Waals surface area contributed by atoms with Gasteiger partial charge in [-0.25, -0.2) is 4.57 Å². The number of nitrogens with zero attached hydrogens (tertiary/aromatic N) is 1. The van der Waals surface area contributed by atoms with Crippen LogP contribution in [-0.4, -0.2) is 73.4 Å². The van der Waals surface area contributed by atoms with E-state index in [-0.39, 0.29) is 19.1 Å². The van der Waals surface area contributed by atoms with Crippen molar-refractivity contribution in [2.24, 2.45) is 0 Å². The van der Waals surface area contributed by atoms with Crippen molar-refractivity contribution in [2.45, 2.75) is 180 Å². The number of unbranched alkanes of at least 4 members (excludes halogenated alkanes) is 18. The van der Waals surface area contributed by atoms with Crippen molar-refractivity contribution in [3.63, 3.8) is 0 Å². The minimum Gasteiger partial charge on any atom is -0.391 e. The lowest BCUT2D eigenvalue weighted by Gasteiger charge is -2.26. The van der Waals surface area contributed by atoms with Gasteiger partial charge in [0.05, 0.1) is 39.9 Å². The number of rotatable bonds is 35. The molecule has 3 atom stereocenters. The van der Waals surface area contributed by atoms with Gasteiger partial charge in [-0.2, -0.15) is 0 Å². The Balaban J connectivity index is 4.39. The third-order valence-electron chi connectivity index (χ3n) is 8.70. The first-order chi connectivity index (χ1) is 23.0. The number of nitrogens with one attached hydrogen (secondary N) is 1. The van der Waals surface area contributed by atoms with Crippen LogP contribution in [-0.2, 0) is 18.4 Å². The summed E-state index contributed by atoms with van der Waals surface area (Å²) in [6, 6.07) is -0.759. The van der Waals surface area contributed by atoms with E-state index in [9.17, 15) is 19.4 Å². The van der Waals surface area contributed by atoms with Gasteiger partial charge in [0.1, 0.15) is 13.2 Å². The van der Waals surface area contributed by atoms with Crippen molar-refractivity contribution in [2.75, 3.05) is 40.9 Å². The molecule has 0 saturated heterocycles. The first-order valence-electron chi connectivity index (χ1n) is 19.7. The summed E-state index contributed by atoms with van der Waals surface area (Å²) < 4.78 is 23.5. The number of hydrogen-bond acceptors (Lipinski definition) is 5. The van der Waals surface area contributed by atoms with Gasteiger partial charge < -0.3 is 19.8 Å². The van der Waals surface area contributed by atoms with Crippen LogP contribution in [0.3, 0.4) is 0 Å². The third-order valence-corrected chi connectivity index (χ3v) is 9.69. The van der Waals surface area contributed by atoms with Gasteiger partial charge >= 0.3 is 7.82 Å². The predicted molar refractivity (Wildman–Crippen MR) is 203 cm³/mol. The molecule has 0 aromatic rings. The molecule has 0 aliphatic heterocycles. The Kier molecular flexibility index (Phi) is 31.2. The number of hydrogen-bond donors (Lipinski definition) is 3. The summed E-state index contributed by atoms with van der Waals surface area (Å²) in [6.07, 6.45) is 34.8. The topological polar surface area (TPSA) is 105 Å². The quantitative estimate of drug-likeness (QED) is 0.0263. The molecule has 3 unspecified atom stereocenters. The molecule has 1 amide bonds. The Hall–Kier alpha value is -1.02. The van der Waals surface area contributed by atoms with Crippen molar-refractivity contribution in [3.8, 4) is 0 Å². The number of phosphoric acid groups is 1. The van der Waals surface area contributed by atoms with Gasteiger partial charge in [0, 0.05) is 6.42 Å². The number of aliphatic hydroxyl groups excluding tert-OH is 1. The van der Waals surface area contributed by atoms with E-state index < -0.39 is 20.0 Å². The van der Waals surface area contributed by atoms with Crippen LogP contribution >= 0.6 is 7.82 Å². The number of carbonyl (C=O) groups is 1. The fourth-order valence-electron chi connectivity index (χ4n) is 5.49. The maximum Gasteiger partial charge on any atom is 0.472 e. The highest BCUT2D eigenvalue weighted by atomic mass is 31.2. The number of carbonyl (C=O) groups excluding carboxylic acids is 1. The molecule has 0 rings (SSSR count). The van der Waals surface area contributed by atoms with E-state index in [1.807, 2.05) is 21.1 Å². The summed E-state index contributed by atoms with van der Waals surface area (Å²) in [5.41, 5.74) is 0. The molecule has 0 aromatic heterocycles. The molecule has 8 nitrogen and oxygen atoms in total. The predicted octanol–water partition coefficient (Wildman–Crippen LogP) is 10.2. The molecule has 0 saturated carbocycles. The Bertz CT molecular complexity index is 845. The number of amides is 1. The molecule has 0 spiro atoms. The lowest BCUT2D eigenvalue weighted by molar-refractivity contribution is -0.870. The highest BCUT2D eigenvalue weighted by Crippen LogP contribution is 2.43. The van der Waals surface area contributed by atoms with E-state index in [1.165, 1.54) is 89.9 Å². The summed E-state index contributed by atoms with van der Waals surface area (Å²) in [5.74, 6) is -0.156. The van der Waals surface area contributed by atoms with Crippen LogP contribution in [0.4, 0.5) is 0 Å². The minimum absolute atomic E-state index is 0.0729. The first-order valence-corrected chi connectivity index (χ1v) is 21.2. The molecule has 0 bridgehead atoms. The van der Waals surface area contributed by atoms with E-state index in [2.05, 4.69) is 43.5 Å². The van der Waals surface area contributed by atoms with Gasteiger partial charge in [0.25, 0.3) is 0 Å². The highest BCUT2D eigenvalue weighted by Gasteiger charge is 2.28. The smallest absolute Gasteiger partial charge is 0.391 e. The molecule has 48 heavy (non-hydrogen) atoms. The van der Waals surface area contributed by atoms with Crippen LogP contribution in [0.1, 0.15) is 168 Å². The zero-order valence-corrected chi connectivity index (χ0v) is 32.9. The van der Waals surface area contributed by atoms with Crippen LogP contribution in [0.25, 0.3) is 0 Å². The molecular weight excluding hydrogens is 623 g/mol. The summed E-state index contributed by atoms with van der Waals surface area (Å²) in [4.78, 5) is 23.0. The Morgan fingerprint density at radius 2 is 1.19 bits per heavy atom. The second-order valence-electron chi connectivity index (χ2n) is 14.7. The molecule has 0 fully saturated rings. The fourth-order valence-corrected chi connectivity index (χ4v) is 6.22. The fraction of sp³-hybridized carbons (Fsp3) is 0.872. The standard InChI is InChI=1S/C39H77N2O6P/c1-6-8-10-12-14-16-17-18-19-20-21-22-23-25-27-29-31-33-39(43)40-37(36-47-48(44,45)46-35-34-41(3,4)5)38(42)32-30-28-26-24-15-13-11-9-7-2/h14,16,18-19,37-38,42H,6-13,15,17,20-36H2,1-5H3,(H-,40,43,44,45)/p+1/b16-14-,19-18-. The molecule has 284 valence electrons. The van der Waals surface area contributed by atoms with Crippen LogP contribution in [0.15, 0.2) is 24.3 Å². The molecule has 0 radical (unpaired) electrons. The molecule has 0 heterocycles. The van der Waals surface area contributed by atoms with Crippen molar-refractivity contribution >= 4 is 13.7 Å². The zero-order chi connectivity index (χ0) is 35.8. The summed E-state index contributed by atoms with van der Waals surface area (Å²) in [6.45, 7) is 4.81. The maximum absolute atomic E-state index is 12.8. The average molecular weight is 702 g/mol. The van der Waals surface area contributed by atoms with Crippen molar-refractivity contribution in [1.29, 1.82) is 0 Å². The number of quaternary nitrogens is 1. The lowest BCUT2D eigenvalue weighted by Crippen LogP contribution is -2.46. The van der Waals surface area contributed by atoms with E-state index in [1.54, 1.807) is 0 Å². The van der Waals surface area contributed by atoms with Gasteiger partial charge in [-0.3, -0.25) is 13.8 Å². The molecule has 3 N–H and O–H groups in total. The van der Waals surface area contributed by atoms with Gasteiger partial charge in [-0.15, -0.1) is 0 Å². The molecule has 0 aromatic carbocycles. The van der Waals surface area contributed by atoms with Gasteiger partial charge in [0.2, 0.25) is 5.91 Å². The van der Waals surface area contributed by atoms with Crippen molar-refractivity contribution in [1.82, 2.24) is 5.32 Å². The summed E-state index contributed by atoms with van der Waals surface area (Å²) in [5, 5.41) is 13.8. The van der Waals surface area contributed by atoms with Crippen LogP contribution in [0.5, 0.6) is 0 Å². The van der Waals surface area contributed by atoms with Gasteiger partial charge in [0.15, 0.2) is 0 Å². The second kappa shape index (κ2) is 31.9. The molecule has 0 aliphatic carbocycles. The summed E-state index contributed by atoms with van der Waals surface area (Å²) in [7, 11) is 1.61. The second-order valence-corrected chi connectivity index (χ2v) is 16.1. The van der Waals surface area contributed by atoms with Crippen molar-refractivity contribution < 1.29 is 32.9 Å². The number of allylic oxidation sites excluding steroid dienone is 4.